The lowest BCUT2D eigenvalue weighted by Crippen LogP contribution is -2.26. The van der Waals surface area contributed by atoms with Crippen molar-refractivity contribution >= 4 is 5.78 Å². The van der Waals surface area contributed by atoms with E-state index in [1.165, 1.54) is 0 Å². The summed E-state index contributed by atoms with van der Waals surface area (Å²) in [5, 5.41) is 2.22. The number of nitrogens with one attached hydrogen (secondary N) is 1. The monoisotopic (exact) mass is 243 g/mol. The number of hydrogen-bond donors (Lipinski definition) is 1. The molecule has 5 heteroatoms. The van der Waals surface area contributed by atoms with Crippen LogP contribution in [0.5, 0.6) is 0 Å². The molecule has 0 saturated carbocycles. The van der Waals surface area contributed by atoms with Gasteiger partial charge in [0.15, 0.2) is 5.78 Å². The standard InChI is InChI=1S/C12H12F3NO/c1-9(17)7-11(12(13,14)15)16-8-10-5-3-2-4-6-10/h2-7,16H,8H2,1H3/b11-7-. The summed E-state index contributed by atoms with van der Waals surface area (Å²) in [7, 11) is 0. The van der Waals surface area contributed by atoms with E-state index in [0.29, 0.717) is 11.6 Å². The van der Waals surface area contributed by atoms with Crippen LogP contribution in [0, 0.1) is 0 Å². The highest BCUT2D eigenvalue weighted by Gasteiger charge is 2.33. The smallest absolute Gasteiger partial charge is 0.377 e. The summed E-state index contributed by atoms with van der Waals surface area (Å²) in [5.74, 6) is -0.641. The van der Waals surface area contributed by atoms with Crippen molar-refractivity contribution in [1.29, 1.82) is 0 Å². The van der Waals surface area contributed by atoms with Crippen molar-refractivity contribution < 1.29 is 18.0 Å². The SMILES string of the molecule is CC(=O)/C=C(\NCc1ccccc1)C(F)(F)F. The number of benzene rings is 1. The molecule has 0 atom stereocenters. The van der Waals surface area contributed by atoms with Crippen LogP contribution in [0.1, 0.15) is 12.5 Å². The molecule has 0 saturated heterocycles. The average Bonchev–Trinajstić information content (AvgIpc) is 2.23. The molecule has 1 aromatic rings. The molecule has 0 radical (unpaired) electrons. The molecule has 1 N–H and O–H groups in total. The third-order valence-corrected chi connectivity index (χ3v) is 1.98. The van der Waals surface area contributed by atoms with E-state index in [0.717, 1.165) is 6.92 Å². The van der Waals surface area contributed by atoms with Gasteiger partial charge < -0.3 is 5.32 Å². The normalized spacial score (nSPS) is 12.4. The van der Waals surface area contributed by atoms with Crippen LogP contribution in [0.4, 0.5) is 13.2 Å². The number of allylic oxidation sites excluding steroid dienone is 2. The molecular weight excluding hydrogens is 231 g/mol. The Hall–Kier alpha value is -1.78. The lowest BCUT2D eigenvalue weighted by atomic mass is 10.2. The molecule has 0 aliphatic rings. The van der Waals surface area contributed by atoms with E-state index in [-0.39, 0.29) is 6.54 Å². The molecule has 0 unspecified atom stereocenters. The summed E-state index contributed by atoms with van der Waals surface area (Å²) in [6.45, 7) is 1.11. The maximum atomic E-state index is 12.5. The van der Waals surface area contributed by atoms with Gasteiger partial charge in [-0.2, -0.15) is 13.2 Å². The highest BCUT2D eigenvalue weighted by Crippen LogP contribution is 2.23. The average molecular weight is 243 g/mol. The highest BCUT2D eigenvalue weighted by molar-refractivity contribution is 5.88. The largest absolute Gasteiger partial charge is 0.431 e. The number of halogens is 3. The van der Waals surface area contributed by atoms with E-state index in [2.05, 4.69) is 5.32 Å². The first kappa shape index (κ1) is 13.3. The quantitative estimate of drug-likeness (QED) is 0.824. The molecule has 0 fully saturated rings. The molecule has 1 aromatic carbocycles. The van der Waals surface area contributed by atoms with Gasteiger partial charge in [0.05, 0.1) is 0 Å². The maximum Gasteiger partial charge on any atom is 0.431 e. The molecule has 0 bridgehead atoms. The lowest BCUT2D eigenvalue weighted by molar-refractivity contribution is -0.115. The summed E-state index contributed by atoms with van der Waals surface area (Å²) in [5.41, 5.74) is -0.306. The predicted molar refractivity (Wildman–Crippen MR) is 58.1 cm³/mol. The highest BCUT2D eigenvalue weighted by atomic mass is 19.4. The van der Waals surface area contributed by atoms with Gasteiger partial charge in [-0.1, -0.05) is 30.3 Å². The predicted octanol–water partition coefficient (Wildman–Crippen LogP) is 2.81. The van der Waals surface area contributed by atoms with Crippen molar-refractivity contribution in [2.24, 2.45) is 0 Å². The van der Waals surface area contributed by atoms with Crippen LogP contribution >= 0.6 is 0 Å². The minimum absolute atomic E-state index is 0.0272. The van der Waals surface area contributed by atoms with Gasteiger partial charge in [-0.25, -0.2) is 0 Å². The minimum Gasteiger partial charge on any atom is -0.377 e. The zero-order valence-corrected chi connectivity index (χ0v) is 9.21. The van der Waals surface area contributed by atoms with Crippen molar-refractivity contribution in [2.75, 3.05) is 0 Å². The van der Waals surface area contributed by atoms with E-state index in [1.807, 2.05) is 0 Å². The van der Waals surface area contributed by atoms with Crippen LogP contribution in [0.2, 0.25) is 0 Å². The summed E-state index contributed by atoms with van der Waals surface area (Å²) < 4.78 is 37.5. The fourth-order valence-electron chi connectivity index (χ4n) is 1.23. The third-order valence-electron chi connectivity index (χ3n) is 1.98. The van der Waals surface area contributed by atoms with Crippen molar-refractivity contribution in [3.05, 3.63) is 47.7 Å². The molecular formula is C12H12F3NO. The van der Waals surface area contributed by atoms with E-state index in [1.54, 1.807) is 30.3 Å². The Morgan fingerprint density at radius 1 is 1.29 bits per heavy atom. The molecule has 1 rings (SSSR count). The van der Waals surface area contributed by atoms with Gasteiger partial charge >= 0.3 is 6.18 Å². The molecule has 0 amide bonds. The maximum absolute atomic E-state index is 12.5. The van der Waals surface area contributed by atoms with Crippen LogP contribution in [-0.4, -0.2) is 12.0 Å². The molecule has 17 heavy (non-hydrogen) atoms. The van der Waals surface area contributed by atoms with Gasteiger partial charge in [-0.05, 0) is 12.5 Å². The van der Waals surface area contributed by atoms with Crippen molar-refractivity contribution in [1.82, 2.24) is 5.32 Å². The number of ketones is 1. The Morgan fingerprint density at radius 3 is 2.35 bits per heavy atom. The number of hydrogen-bond acceptors (Lipinski definition) is 2. The van der Waals surface area contributed by atoms with Gasteiger partial charge in [-0.15, -0.1) is 0 Å². The van der Waals surface area contributed by atoms with Gasteiger partial charge in [0.25, 0.3) is 0 Å². The van der Waals surface area contributed by atoms with Crippen molar-refractivity contribution in [3.63, 3.8) is 0 Å². The number of alkyl halides is 3. The molecule has 2 nitrogen and oxygen atoms in total. The Balaban J connectivity index is 2.73. The third kappa shape index (κ3) is 4.72. The molecule has 92 valence electrons. The second-order valence-corrected chi connectivity index (χ2v) is 3.51. The first-order chi connectivity index (χ1) is 7.89. The zero-order valence-electron chi connectivity index (χ0n) is 9.21. The summed E-state index contributed by atoms with van der Waals surface area (Å²) in [6, 6.07) is 8.65. The van der Waals surface area contributed by atoms with E-state index >= 15 is 0 Å². The summed E-state index contributed by atoms with van der Waals surface area (Å²) in [6.07, 6.45) is -3.98. The van der Waals surface area contributed by atoms with Crippen molar-refractivity contribution in [2.45, 2.75) is 19.6 Å². The first-order valence-electron chi connectivity index (χ1n) is 4.97. The van der Waals surface area contributed by atoms with Crippen LogP contribution < -0.4 is 5.32 Å². The topological polar surface area (TPSA) is 29.1 Å². The van der Waals surface area contributed by atoms with Crippen LogP contribution in [-0.2, 0) is 11.3 Å². The van der Waals surface area contributed by atoms with Gasteiger partial charge in [0.1, 0.15) is 5.70 Å². The summed E-state index contributed by atoms with van der Waals surface area (Å²) in [4.78, 5) is 10.7. The fourth-order valence-corrected chi connectivity index (χ4v) is 1.23. The Labute approximate surface area is 97.1 Å². The summed E-state index contributed by atoms with van der Waals surface area (Å²) >= 11 is 0. The van der Waals surface area contributed by atoms with Crippen LogP contribution in [0.15, 0.2) is 42.1 Å². The Kier molecular flexibility index (Phi) is 4.31. The zero-order chi connectivity index (χ0) is 12.9. The van der Waals surface area contributed by atoms with Gasteiger partial charge in [-0.3, -0.25) is 4.79 Å². The number of rotatable bonds is 4. The second-order valence-electron chi connectivity index (χ2n) is 3.51. The molecule has 0 aliphatic carbocycles. The van der Waals surface area contributed by atoms with E-state index < -0.39 is 17.7 Å². The number of carbonyl (C=O) groups excluding carboxylic acids is 1. The Morgan fingerprint density at radius 2 is 1.88 bits per heavy atom. The molecule has 0 aliphatic heterocycles. The van der Waals surface area contributed by atoms with E-state index in [9.17, 15) is 18.0 Å². The van der Waals surface area contributed by atoms with Gasteiger partial charge in [0.2, 0.25) is 0 Å². The van der Waals surface area contributed by atoms with Crippen LogP contribution in [0.3, 0.4) is 0 Å². The van der Waals surface area contributed by atoms with Gasteiger partial charge in [0, 0.05) is 12.6 Å². The van der Waals surface area contributed by atoms with Crippen LogP contribution in [0.25, 0.3) is 0 Å². The molecule has 0 spiro atoms. The Bertz CT molecular complexity index is 410. The first-order valence-corrected chi connectivity index (χ1v) is 4.97. The molecule has 0 heterocycles. The fraction of sp³-hybridized carbons (Fsp3) is 0.250. The van der Waals surface area contributed by atoms with E-state index in [4.69, 9.17) is 0 Å². The lowest BCUT2D eigenvalue weighted by Gasteiger charge is -2.13. The number of carbonyl (C=O) groups is 1. The minimum atomic E-state index is -4.54. The molecule has 0 aromatic heterocycles. The van der Waals surface area contributed by atoms with Crippen molar-refractivity contribution in [3.8, 4) is 0 Å². The second kappa shape index (κ2) is 5.52.